The Labute approximate surface area is 123 Å². The van der Waals surface area contributed by atoms with Crippen LogP contribution in [0.5, 0.6) is 0 Å². The first kappa shape index (κ1) is 12.8. The second kappa shape index (κ2) is 5.03. The summed E-state index contributed by atoms with van der Waals surface area (Å²) in [7, 11) is 0. The van der Waals surface area contributed by atoms with Crippen LogP contribution < -0.4 is 5.73 Å². The summed E-state index contributed by atoms with van der Waals surface area (Å²) < 4.78 is 2.25. The number of benzene rings is 1. The molecule has 2 heterocycles. The van der Waals surface area contributed by atoms with Crippen LogP contribution in [0.1, 0.15) is 10.4 Å². The number of rotatable bonds is 3. The molecule has 20 heavy (non-hydrogen) atoms. The summed E-state index contributed by atoms with van der Waals surface area (Å²) >= 11 is 6.84. The summed E-state index contributed by atoms with van der Waals surface area (Å²) in [4.78, 5) is 12.3. The molecule has 0 saturated heterocycles. The Morgan fingerprint density at radius 1 is 1.35 bits per heavy atom. The van der Waals surface area contributed by atoms with Gasteiger partial charge in [-0.05, 0) is 41.9 Å². The molecule has 0 radical (unpaired) electrons. The number of nitrogens with two attached hydrogens (primary N) is 1. The highest BCUT2D eigenvalue weighted by molar-refractivity contribution is 7.71. The van der Waals surface area contributed by atoms with Crippen LogP contribution in [0.4, 0.5) is 0 Å². The smallest absolute Gasteiger partial charge is 0.248 e. The van der Waals surface area contributed by atoms with Crippen molar-refractivity contribution in [1.29, 1.82) is 0 Å². The Kier molecular flexibility index (Phi) is 3.21. The zero-order chi connectivity index (χ0) is 14.1. The van der Waals surface area contributed by atoms with E-state index in [9.17, 15) is 4.79 Å². The number of thiophene rings is 1. The van der Waals surface area contributed by atoms with E-state index in [4.69, 9.17) is 18.0 Å². The lowest BCUT2D eigenvalue weighted by molar-refractivity contribution is 0.100. The molecule has 0 aliphatic rings. The fourth-order valence-corrected chi connectivity index (χ4v) is 2.85. The molecule has 7 heteroatoms. The molecule has 1 aromatic carbocycles. The Balaban J connectivity index is 2.20. The Hall–Kier alpha value is -2.25. The first-order valence-electron chi connectivity index (χ1n) is 5.78. The molecule has 3 aromatic rings. The van der Waals surface area contributed by atoms with Crippen LogP contribution in [0, 0.1) is 4.77 Å². The number of H-pyrrole nitrogens is 1. The third-order valence-corrected chi connectivity index (χ3v) is 3.94. The van der Waals surface area contributed by atoms with Gasteiger partial charge in [0.2, 0.25) is 5.91 Å². The number of carbonyl (C=O) groups is 1. The molecular formula is C13H10N4OS2. The van der Waals surface area contributed by atoms with Crippen LogP contribution in [0.25, 0.3) is 16.4 Å². The van der Waals surface area contributed by atoms with Gasteiger partial charge in [-0.1, -0.05) is 12.1 Å². The van der Waals surface area contributed by atoms with Crippen molar-refractivity contribution in [3.05, 3.63) is 52.1 Å². The molecule has 0 aliphatic heterocycles. The highest BCUT2D eigenvalue weighted by Gasteiger charge is 2.12. The number of hydrogen-bond donors (Lipinski definition) is 2. The van der Waals surface area contributed by atoms with Gasteiger partial charge < -0.3 is 5.73 Å². The first-order chi connectivity index (χ1) is 9.66. The highest BCUT2D eigenvalue weighted by Crippen LogP contribution is 2.25. The van der Waals surface area contributed by atoms with Crippen LogP contribution in [-0.4, -0.2) is 20.7 Å². The van der Waals surface area contributed by atoms with Gasteiger partial charge in [0.1, 0.15) is 0 Å². The second-order valence-corrected chi connectivity index (χ2v) is 5.41. The average Bonchev–Trinajstić information content (AvgIpc) is 3.07. The lowest BCUT2D eigenvalue weighted by Gasteiger charge is -2.06. The maximum absolute atomic E-state index is 11.3. The molecule has 0 bridgehead atoms. The van der Waals surface area contributed by atoms with Crippen LogP contribution in [-0.2, 0) is 0 Å². The molecule has 0 saturated carbocycles. The van der Waals surface area contributed by atoms with Gasteiger partial charge in [-0.2, -0.15) is 5.10 Å². The predicted molar refractivity (Wildman–Crippen MR) is 80.6 cm³/mol. The van der Waals surface area contributed by atoms with Gasteiger partial charge >= 0.3 is 0 Å². The minimum Gasteiger partial charge on any atom is -0.366 e. The summed E-state index contributed by atoms with van der Waals surface area (Å²) in [5.41, 5.74) is 6.50. The maximum Gasteiger partial charge on any atom is 0.248 e. The summed E-state index contributed by atoms with van der Waals surface area (Å²) in [6.07, 6.45) is 0. The maximum atomic E-state index is 11.3. The zero-order valence-corrected chi connectivity index (χ0v) is 11.9. The van der Waals surface area contributed by atoms with Crippen molar-refractivity contribution in [3.8, 4) is 16.4 Å². The Bertz CT molecular complexity index is 817. The quantitative estimate of drug-likeness (QED) is 0.730. The normalized spacial score (nSPS) is 10.6. The van der Waals surface area contributed by atoms with Crippen molar-refractivity contribution in [3.63, 3.8) is 0 Å². The number of aromatic amines is 1. The molecule has 0 unspecified atom stereocenters. The van der Waals surface area contributed by atoms with Gasteiger partial charge in [0.25, 0.3) is 0 Å². The SMILES string of the molecule is NC(=O)c1cccc(-n2c(-c3cccs3)n[nH]c2=S)c1. The third kappa shape index (κ3) is 2.17. The van der Waals surface area contributed by atoms with Gasteiger partial charge in [0, 0.05) is 5.56 Å². The van der Waals surface area contributed by atoms with E-state index in [0.29, 0.717) is 16.2 Å². The van der Waals surface area contributed by atoms with E-state index < -0.39 is 5.91 Å². The molecule has 1 amide bonds. The standard InChI is InChI=1S/C13H10N4OS2/c14-11(18)8-3-1-4-9(7-8)17-12(15-16-13(17)19)10-5-2-6-20-10/h1-7H,(H2,14,18)(H,16,19). The van der Waals surface area contributed by atoms with E-state index >= 15 is 0 Å². The third-order valence-electron chi connectivity index (χ3n) is 2.80. The lowest BCUT2D eigenvalue weighted by atomic mass is 10.2. The molecule has 0 fully saturated rings. The van der Waals surface area contributed by atoms with E-state index in [1.165, 1.54) is 0 Å². The number of nitrogens with zero attached hydrogens (tertiary/aromatic N) is 2. The fourth-order valence-electron chi connectivity index (χ4n) is 1.91. The topological polar surface area (TPSA) is 76.7 Å². The van der Waals surface area contributed by atoms with Crippen molar-refractivity contribution in [2.75, 3.05) is 0 Å². The molecule has 0 spiro atoms. The predicted octanol–water partition coefficient (Wildman–Crippen LogP) is 2.76. The van der Waals surface area contributed by atoms with Crippen LogP contribution in [0.15, 0.2) is 41.8 Å². The summed E-state index contributed by atoms with van der Waals surface area (Å²) in [6, 6.07) is 10.9. The van der Waals surface area contributed by atoms with Gasteiger partial charge in [-0.3, -0.25) is 14.5 Å². The van der Waals surface area contributed by atoms with Crippen LogP contribution in [0.2, 0.25) is 0 Å². The van der Waals surface area contributed by atoms with Gasteiger partial charge in [0.15, 0.2) is 10.6 Å². The Morgan fingerprint density at radius 2 is 2.20 bits per heavy atom. The molecule has 100 valence electrons. The summed E-state index contributed by atoms with van der Waals surface area (Å²) in [5, 5.41) is 9.00. The van der Waals surface area contributed by atoms with E-state index in [1.54, 1.807) is 34.1 Å². The summed E-state index contributed by atoms with van der Waals surface area (Å²) in [6.45, 7) is 0. The van der Waals surface area contributed by atoms with Crippen molar-refractivity contribution in [1.82, 2.24) is 14.8 Å². The summed E-state index contributed by atoms with van der Waals surface area (Å²) in [5.74, 6) is 0.242. The van der Waals surface area contributed by atoms with E-state index in [-0.39, 0.29) is 0 Å². The van der Waals surface area contributed by atoms with Gasteiger partial charge in [0.05, 0.1) is 10.6 Å². The number of nitrogens with one attached hydrogen (secondary N) is 1. The van der Waals surface area contributed by atoms with Crippen molar-refractivity contribution in [2.45, 2.75) is 0 Å². The minimum atomic E-state index is -0.473. The largest absolute Gasteiger partial charge is 0.366 e. The van der Waals surface area contributed by atoms with Crippen molar-refractivity contribution < 1.29 is 4.79 Å². The van der Waals surface area contributed by atoms with Crippen molar-refractivity contribution >= 4 is 29.5 Å². The number of aromatic nitrogens is 3. The van der Waals surface area contributed by atoms with Gasteiger partial charge in [-0.25, -0.2) is 0 Å². The lowest BCUT2D eigenvalue weighted by Crippen LogP contribution is -2.11. The molecule has 3 N–H and O–H groups in total. The van der Waals surface area contributed by atoms with Crippen molar-refractivity contribution in [2.24, 2.45) is 5.73 Å². The molecule has 0 atom stereocenters. The van der Waals surface area contributed by atoms with E-state index in [1.807, 2.05) is 23.6 Å². The molecular weight excluding hydrogens is 292 g/mol. The highest BCUT2D eigenvalue weighted by atomic mass is 32.1. The van der Waals surface area contributed by atoms with Crippen LogP contribution in [0.3, 0.4) is 0 Å². The monoisotopic (exact) mass is 302 g/mol. The molecule has 2 aromatic heterocycles. The van der Waals surface area contributed by atoms with E-state index in [0.717, 1.165) is 10.6 Å². The fraction of sp³-hybridized carbons (Fsp3) is 0. The molecule has 5 nitrogen and oxygen atoms in total. The first-order valence-corrected chi connectivity index (χ1v) is 7.07. The molecule has 0 aliphatic carbocycles. The minimum absolute atomic E-state index is 0.433. The van der Waals surface area contributed by atoms with Gasteiger partial charge in [-0.15, -0.1) is 11.3 Å². The number of amides is 1. The molecule has 3 rings (SSSR count). The number of carbonyl (C=O) groups excluding carboxylic acids is 1. The Morgan fingerprint density at radius 3 is 2.90 bits per heavy atom. The average molecular weight is 302 g/mol. The second-order valence-electron chi connectivity index (χ2n) is 4.08. The zero-order valence-electron chi connectivity index (χ0n) is 10.2. The van der Waals surface area contributed by atoms with Crippen LogP contribution >= 0.6 is 23.6 Å². The number of primary amides is 1. The number of hydrogen-bond acceptors (Lipinski definition) is 4. The van der Waals surface area contributed by atoms with E-state index in [2.05, 4.69) is 10.2 Å².